The zero-order chi connectivity index (χ0) is 38.2. The van der Waals surface area contributed by atoms with Crippen LogP contribution in [0.5, 0.6) is 0 Å². The number of benzene rings is 9. The molecule has 12 aromatic rings. The molecule has 0 N–H and O–H groups in total. The molecule has 0 atom stereocenters. The van der Waals surface area contributed by atoms with Gasteiger partial charge < -0.3 is 4.57 Å². The normalized spacial score (nSPS) is 11.8. The van der Waals surface area contributed by atoms with E-state index in [1.54, 1.807) is 0 Å². The lowest BCUT2D eigenvalue weighted by Gasteiger charge is -2.13. The first-order valence-corrected chi connectivity index (χ1v) is 20.5. The van der Waals surface area contributed by atoms with Crippen LogP contribution in [0.3, 0.4) is 0 Å². The van der Waals surface area contributed by atoms with Gasteiger partial charge in [-0.2, -0.15) is 0 Å². The molecule has 0 amide bonds. The van der Waals surface area contributed by atoms with Gasteiger partial charge in [0.15, 0.2) is 0 Å². The molecule has 3 heterocycles. The van der Waals surface area contributed by atoms with Gasteiger partial charge in [-0.3, -0.25) is 0 Å². The Morgan fingerprint density at radius 1 is 0.379 bits per heavy atom. The molecule has 0 aliphatic heterocycles. The SMILES string of the molecule is c1ccc(-c2nc3ccc(-c4cccc(-n5c6cc(-c7cccc8c7sc7ccccc78)ccc6c6c7ccccc7ccc65)c4)cc3nc2-c2ccccc2)cc1. The summed E-state index contributed by atoms with van der Waals surface area (Å²) in [5.41, 5.74) is 13.8. The molecule has 0 spiro atoms. The number of thiophene rings is 1. The summed E-state index contributed by atoms with van der Waals surface area (Å²) in [4.78, 5) is 10.5. The van der Waals surface area contributed by atoms with Crippen LogP contribution in [0.15, 0.2) is 200 Å². The molecule has 3 aromatic heterocycles. The fourth-order valence-electron chi connectivity index (χ4n) is 8.86. The largest absolute Gasteiger partial charge is 0.309 e. The lowest BCUT2D eigenvalue weighted by atomic mass is 10.00. The minimum atomic E-state index is 0.866. The van der Waals surface area contributed by atoms with Crippen molar-refractivity contribution in [2.24, 2.45) is 0 Å². The van der Waals surface area contributed by atoms with E-state index in [2.05, 4.69) is 193 Å². The van der Waals surface area contributed by atoms with Crippen LogP contribution >= 0.6 is 11.3 Å². The number of nitrogens with zero attached hydrogens (tertiary/aromatic N) is 3. The zero-order valence-corrected chi connectivity index (χ0v) is 32.1. The van der Waals surface area contributed by atoms with Crippen LogP contribution in [0.4, 0.5) is 0 Å². The first-order chi connectivity index (χ1) is 28.7. The fourth-order valence-corrected chi connectivity index (χ4v) is 10.1. The third kappa shape index (κ3) is 5.19. The average Bonchev–Trinajstić information content (AvgIpc) is 3.85. The van der Waals surface area contributed by atoms with Gasteiger partial charge in [0.2, 0.25) is 0 Å². The number of fused-ring (bicyclic) bond motifs is 9. The van der Waals surface area contributed by atoms with Crippen molar-refractivity contribution in [3.8, 4) is 50.5 Å². The third-order valence-corrected chi connectivity index (χ3v) is 12.8. The van der Waals surface area contributed by atoms with Gasteiger partial charge in [0.05, 0.1) is 33.5 Å². The summed E-state index contributed by atoms with van der Waals surface area (Å²) < 4.78 is 5.09. The van der Waals surface area contributed by atoms with E-state index < -0.39 is 0 Å². The van der Waals surface area contributed by atoms with Gasteiger partial charge in [-0.05, 0) is 75.5 Å². The summed E-state index contributed by atoms with van der Waals surface area (Å²) in [6, 6.07) is 71.9. The maximum Gasteiger partial charge on any atom is 0.0973 e. The highest BCUT2D eigenvalue weighted by molar-refractivity contribution is 7.26. The van der Waals surface area contributed by atoms with Gasteiger partial charge in [-0.15, -0.1) is 11.3 Å². The van der Waals surface area contributed by atoms with E-state index in [0.717, 1.165) is 50.4 Å². The second kappa shape index (κ2) is 13.1. The molecule has 0 aliphatic carbocycles. The molecule has 9 aromatic carbocycles. The lowest BCUT2D eigenvalue weighted by molar-refractivity contribution is 1.18. The number of rotatable bonds is 5. The Balaban J connectivity index is 1.05. The van der Waals surface area contributed by atoms with Crippen LogP contribution in [0.25, 0.3) is 114 Å². The topological polar surface area (TPSA) is 30.7 Å². The fraction of sp³-hybridized carbons (Fsp3) is 0. The predicted octanol–water partition coefficient (Wildman–Crippen LogP) is 14.9. The third-order valence-electron chi connectivity index (χ3n) is 11.6. The Kier molecular flexibility index (Phi) is 7.40. The van der Waals surface area contributed by atoms with Crippen LogP contribution < -0.4 is 0 Å². The number of aromatic nitrogens is 3. The minimum Gasteiger partial charge on any atom is -0.309 e. The summed E-state index contributed by atoms with van der Waals surface area (Å²) in [6.45, 7) is 0. The van der Waals surface area contributed by atoms with Crippen molar-refractivity contribution >= 4 is 75.1 Å². The van der Waals surface area contributed by atoms with Crippen molar-refractivity contribution in [1.29, 1.82) is 0 Å². The number of hydrogen-bond donors (Lipinski definition) is 0. The Bertz CT molecular complexity index is 3560. The Morgan fingerprint density at radius 2 is 1.03 bits per heavy atom. The molecule has 12 rings (SSSR count). The predicted molar refractivity (Wildman–Crippen MR) is 246 cm³/mol. The highest BCUT2D eigenvalue weighted by Gasteiger charge is 2.19. The minimum absolute atomic E-state index is 0.866. The van der Waals surface area contributed by atoms with Gasteiger partial charge in [0.25, 0.3) is 0 Å². The van der Waals surface area contributed by atoms with Crippen LogP contribution in [0, 0.1) is 0 Å². The molecule has 270 valence electrons. The highest BCUT2D eigenvalue weighted by atomic mass is 32.1. The van der Waals surface area contributed by atoms with Crippen molar-refractivity contribution < 1.29 is 0 Å². The molecular formula is C54H33N3S. The molecule has 0 unspecified atom stereocenters. The van der Waals surface area contributed by atoms with Crippen LogP contribution in [-0.4, -0.2) is 14.5 Å². The van der Waals surface area contributed by atoms with Crippen molar-refractivity contribution in [3.05, 3.63) is 200 Å². The van der Waals surface area contributed by atoms with E-state index in [1.165, 1.54) is 63.9 Å². The molecule has 0 bridgehead atoms. The van der Waals surface area contributed by atoms with Crippen molar-refractivity contribution in [2.75, 3.05) is 0 Å². The van der Waals surface area contributed by atoms with Crippen molar-refractivity contribution in [2.45, 2.75) is 0 Å². The Morgan fingerprint density at radius 3 is 1.86 bits per heavy atom. The zero-order valence-electron chi connectivity index (χ0n) is 31.3. The molecular weight excluding hydrogens is 723 g/mol. The molecule has 58 heavy (non-hydrogen) atoms. The van der Waals surface area contributed by atoms with Gasteiger partial charge in [0, 0.05) is 47.8 Å². The van der Waals surface area contributed by atoms with E-state index in [9.17, 15) is 0 Å². The first-order valence-electron chi connectivity index (χ1n) is 19.7. The second-order valence-corrected chi connectivity index (χ2v) is 16.0. The Labute approximate surface area is 338 Å². The maximum atomic E-state index is 5.30. The summed E-state index contributed by atoms with van der Waals surface area (Å²) in [5.74, 6) is 0. The van der Waals surface area contributed by atoms with Gasteiger partial charge in [0.1, 0.15) is 0 Å². The summed E-state index contributed by atoms with van der Waals surface area (Å²) >= 11 is 1.88. The second-order valence-electron chi connectivity index (χ2n) is 14.9. The molecule has 0 saturated carbocycles. The molecule has 0 aliphatic rings. The van der Waals surface area contributed by atoms with Crippen molar-refractivity contribution in [1.82, 2.24) is 14.5 Å². The van der Waals surface area contributed by atoms with Gasteiger partial charge in [-0.1, -0.05) is 158 Å². The van der Waals surface area contributed by atoms with Crippen molar-refractivity contribution in [3.63, 3.8) is 0 Å². The van der Waals surface area contributed by atoms with Gasteiger partial charge in [-0.25, -0.2) is 9.97 Å². The molecule has 4 heteroatoms. The van der Waals surface area contributed by atoms with Crippen LogP contribution in [0.1, 0.15) is 0 Å². The molecule has 3 nitrogen and oxygen atoms in total. The molecule has 0 fully saturated rings. The maximum absolute atomic E-state index is 5.30. The van der Waals surface area contributed by atoms with E-state index in [4.69, 9.17) is 9.97 Å². The standard InChI is InChI=1S/C54H33N3S/c1-3-14-35(15-4-1)52-53(36-16-5-2-6-17-36)56-47-32-38(26-29-46(47)55-52)37-18-11-19-40(31-37)57-48-30-27-34-13-7-8-20-41(34)51(48)45-28-25-39(33-49(45)57)42-22-12-23-44-43-21-9-10-24-50(43)58-54(42)44/h1-33H. The van der Waals surface area contributed by atoms with E-state index in [1.807, 2.05) is 23.5 Å². The van der Waals surface area contributed by atoms with E-state index in [0.29, 0.717) is 0 Å². The first kappa shape index (κ1) is 32.8. The summed E-state index contributed by atoms with van der Waals surface area (Å²) in [6.07, 6.45) is 0. The highest BCUT2D eigenvalue weighted by Crippen LogP contribution is 2.43. The molecule has 0 radical (unpaired) electrons. The monoisotopic (exact) mass is 755 g/mol. The van der Waals surface area contributed by atoms with E-state index in [-0.39, 0.29) is 0 Å². The summed E-state index contributed by atoms with van der Waals surface area (Å²) in [7, 11) is 0. The van der Waals surface area contributed by atoms with Gasteiger partial charge >= 0.3 is 0 Å². The quantitative estimate of drug-likeness (QED) is 0.175. The lowest BCUT2D eigenvalue weighted by Crippen LogP contribution is -1.96. The van der Waals surface area contributed by atoms with E-state index >= 15 is 0 Å². The number of hydrogen-bond acceptors (Lipinski definition) is 3. The Hall–Kier alpha value is -7.40. The molecule has 0 saturated heterocycles. The average molecular weight is 756 g/mol. The van der Waals surface area contributed by atoms with Crippen LogP contribution in [-0.2, 0) is 0 Å². The smallest absolute Gasteiger partial charge is 0.0973 e. The van der Waals surface area contributed by atoms with Crippen LogP contribution in [0.2, 0.25) is 0 Å². The summed E-state index contributed by atoms with van der Waals surface area (Å²) in [5, 5.41) is 7.64.